The van der Waals surface area contributed by atoms with Gasteiger partial charge in [0.2, 0.25) is 5.91 Å². The predicted molar refractivity (Wildman–Crippen MR) is 75.5 cm³/mol. The highest BCUT2D eigenvalue weighted by atomic mass is 16.3. The third-order valence-corrected chi connectivity index (χ3v) is 3.12. The lowest BCUT2D eigenvalue weighted by molar-refractivity contribution is -0.122. The van der Waals surface area contributed by atoms with Gasteiger partial charge in [-0.25, -0.2) is 0 Å². The Morgan fingerprint density at radius 2 is 2.05 bits per heavy atom. The van der Waals surface area contributed by atoms with Crippen LogP contribution in [0.4, 0.5) is 0 Å². The summed E-state index contributed by atoms with van der Waals surface area (Å²) in [6.07, 6.45) is -0.601. The van der Waals surface area contributed by atoms with E-state index in [0.717, 1.165) is 11.1 Å². The molecule has 0 bridgehead atoms. The summed E-state index contributed by atoms with van der Waals surface area (Å²) in [5.41, 5.74) is 7.41. The van der Waals surface area contributed by atoms with Crippen molar-refractivity contribution in [3.63, 3.8) is 0 Å². The lowest BCUT2D eigenvalue weighted by Crippen LogP contribution is -2.37. The molecule has 0 aliphatic carbocycles. The lowest BCUT2D eigenvalue weighted by Gasteiger charge is -2.23. The van der Waals surface area contributed by atoms with Crippen molar-refractivity contribution in [3.05, 3.63) is 35.4 Å². The van der Waals surface area contributed by atoms with E-state index in [2.05, 4.69) is 5.32 Å². The van der Waals surface area contributed by atoms with Crippen LogP contribution in [-0.2, 0) is 11.3 Å². The maximum Gasteiger partial charge on any atom is 0.233 e. The number of hydrogen-bond acceptors (Lipinski definition) is 4. The maximum absolute atomic E-state index is 11.3. The van der Waals surface area contributed by atoms with Crippen LogP contribution in [0.2, 0.25) is 0 Å². The third-order valence-electron chi connectivity index (χ3n) is 3.12. The molecule has 1 aromatic carbocycles. The molecule has 1 atom stereocenters. The monoisotopic (exact) mass is 265 g/mol. The molecule has 5 nitrogen and oxygen atoms in total. The number of rotatable bonds is 7. The van der Waals surface area contributed by atoms with E-state index >= 15 is 0 Å². The van der Waals surface area contributed by atoms with Crippen molar-refractivity contribution >= 4 is 5.91 Å². The Kier molecular flexibility index (Phi) is 6.49. The summed E-state index contributed by atoms with van der Waals surface area (Å²) in [5.74, 6) is -0.0486. The van der Waals surface area contributed by atoms with Crippen molar-refractivity contribution in [1.29, 1.82) is 0 Å². The van der Waals surface area contributed by atoms with Gasteiger partial charge >= 0.3 is 0 Å². The summed E-state index contributed by atoms with van der Waals surface area (Å²) in [6, 6.07) is 7.57. The van der Waals surface area contributed by atoms with Gasteiger partial charge in [-0.1, -0.05) is 31.2 Å². The number of nitrogens with zero attached hydrogens (tertiary/aromatic N) is 1. The standard InChI is InChI=1S/C14H23N3O2/c1-3-17(10-14(19)16-2)9-13(18)12-6-4-11(8-15)5-7-12/h4-7,13,18H,3,8-10,15H2,1-2H3,(H,16,19). The van der Waals surface area contributed by atoms with E-state index in [1.807, 2.05) is 36.1 Å². The summed E-state index contributed by atoms with van der Waals surface area (Å²) in [7, 11) is 1.61. The molecule has 1 amide bonds. The minimum Gasteiger partial charge on any atom is -0.387 e. The molecule has 0 saturated heterocycles. The Labute approximate surface area is 114 Å². The van der Waals surface area contributed by atoms with Crippen molar-refractivity contribution < 1.29 is 9.90 Å². The molecule has 0 aromatic heterocycles. The molecule has 0 aliphatic rings. The number of nitrogens with one attached hydrogen (secondary N) is 1. The molecule has 0 radical (unpaired) electrons. The largest absolute Gasteiger partial charge is 0.387 e. The van der Waals surface area contributed by atoms with Crippen LogP contribution in [0.5, 0.6) is 0 Å². The zero-order chi connectivity index (χ0) is 14.3. The van der Waals surface area contributed by atoms with Gasteiger partial charge in [-0.2, -0.15) is 0 Å². The van der Waals surface area contributed by atoms with E-state index in [4.69, 9.17) is 5.73 Å². The zero-order valence-electron chi connectivity index (χ0n) is 11.6. The number of aliphatic hydroxyl groups excluding tert-OH is 1. The first-order valence-corrected chi connectivity index (χ1v) is 6.50. The Morgan fingerprint density at radius 3 is 2.53 bits per heavy atom. The summed E-state index contributed by atoms with van der Waals surface area (Å²) < 4.78 is 0. The fraction of sp³-hybridized carbons (Fsp3) is 0.500. The van der Waals surface area contributed by atoms with Gasteiger partial charge in [0.25, 0.3) is 0 Å². The fourth-order valence-corrected chi connectivity index (χ4v) is 1.81. The molecule has 106 valence electrons. The average Bonchev–Trinajstić information content (AvgIpc) is 2.46. The quantitative estimate of drug-likeness (QED) is 0.660. The topological polar surface area (TPSA) is 78.6 Å². The summed E-state index contributed by atoms with van der Waals surface area (Å²) in [5, 5.41) is 12.7. The Morgan fingerprint density at radius 1 is 1.42 bits per heavy atom. The van der Waals surface area contributed by atoms with Crippen LogP contribution in [0, 0.1) is 0 Å². The second-order valence-electron chi connectivity index (χ2n) is 4.46. The van der Waals surface area contributed by atoms with Gasteiger partial charge in [0.05, 0.1) is 12.6 Å². The molecule has 0 fully saturated rings. The second-order valence-corrected chi connectivity index (χ2v) is 4.46. The fourth-order valence-electron chi connectivity index (χ4n) is 1.81. The molecule has 4 N–H and O–H groups in total. The summed E-state index contributed by atoms with van der Waals surface area (Å²) in [4.78, 5) is 13.2. The van der Waals surface area contributed by atoms with Crippen molar-refractivity contribution in [2.45, 2.75) is 19.6 Å². The Balaban J connectivity index is 2.60. The normalized spacial score (nSPS) is 12.5. The number of carbonyl (C=O) groups is 1. The first kappa shape index (κ1) is 15.6. The van der Waals surface area contributed by atoms with Crippen molar-refractivity contribution in [3.8, 4) is 0 Å². The summed E-state index contributed by atoms with van der Waals surface area (Å²) in [6.45, 7) is 3.91. The molecule has 0 saturated carbocycles. The van der Waals surface area contributed by atoms with Crippen molar-refractivity contribution in [2.24, 2.45) is 5.73 Å². The molecule has 1 unspecified atom stereocenters. The van der Waals surface area contributed by atoms with E-state index in [1.54, 1.807) is 7.05 Å². The van der Waals surface area contributed by atoms with Crippen LogP contribution in [-0.4, -0.2) is 42.6 Å². The average molecular weight is 265 g/mol. The van der Waals surface area contributed by atoms with Gasteiger partial charge < -0.3 is 16.2 Å². The number of hydrogen-bond donors (Lipinski definition) is 3. The van der Waals surface area contributed by atoms with Gasteiger partial charge in [-0.15, -0.1) is 0 Å². The highest BCUT2D eigenvalue weighted by Crippen LogP contribution is 2.15. The van der Waals surface area contributed by atoms with Crippen molar-refractivity contribution in [1.82, 2.24) is 10.2 Å². The number of benzene rings is 1. The van der Waals surface area contributed by atoms with Crippen LogP contribution in [0.1, 0.15) is 24.2 Å². The van der Waals surface area contributed by atoms with Gasteiger partial charge in [0, 0.05) is 20.1 Å². The van der Waals surface area contributed by atoms with Crippen molar-refractivity contribution in [2.75, 3.05) is 26.7 Å². The van der Waals surface area contributed by atoms with E-state index < -0.39 is 6.10 Å². The van der Waals surface area contributed by atoms with Crippen LogP contribution in [0.3, 0.4) is 0 Å². The molecular weight excluding hydrogens is 242 g/mol. The molecular formula is C14H23N3O2. The van der Waals surface area contributed by atoms with Gasteiger partial charge in [0.1, 0.15) is 0 Å². The molecule has 1 aromatic rings. The predicted octanol–water partition coefficient (Wildman–Crippen LogP) is 0.247. The number of nitrogens with two attached hydrogens (primary N) is 1. The molecule has 5 heteroatoms. The zero-order valence-corrected chi connectivity index (χ0v) is 11.6. The molecule has 1 rings (SSSR count). The lowest BCUT2D eigenvalue weighted by atomic mass is 10.1. The van der Waals surface area contributed by atoms with Crippen LogP contribution >= 0.6 is 0 Å². The van der Waals surface area contributed by atoms with Crippen LogP contribution < -0.4 is 11.1 Å². The maximum atomic E-state index is 11.3. The van der Waals surface area contributed by atoms with E-state index in [0.29, 0.717) is 26.2 Å². The number of amides is 1. The highest BCUT2D eigenvalue weighted by molar-refractivity contribution is 5.77. The first-order chi connectivity index (χ1) is 9.10. The second kappa shape index (κ2) is 7.89. The molecule has 0 aliphatic heterocycles. The highest BCUT2D eigenvalue weighted by Gasteiger charge is 2.14. The number of aliphatic hydroxyl groups is 1. The van der Waals surface area contributed by atoms with Gasteiger partial charge in [0.15, 0.2) is 0 Å². The van der Waals surface area contributed by atoms with Gasteiger partial charge in [-0.05, 0) is 17.7 Å². The minimum atomic E-state index is -0.601. The minimum absolute atomic E-state index is 0.0486. The molecule has 0 spiro atoms. The van der Waals surface area contributed by atoms with E-state index in [9.17, 15) is 9.90 Å². The number of likely N-dealkylation sites (N-methyl/N-ethyl adjacent to an activating group) is 2. The molecule has 19 heavy (non-hydrogen) atoms. The van der Waals surface area contributed by atoms with Gasteiger partial charge in [-0.3, -0.25) is 9.69 Å². The van der Waals surface area contributed by atoms with E-state index in [1.165, 1.54) is 0 Å². The SMILES string of the molecule is CCN(CC(=O)NC)CC(O)c1ccc(CN)cc1. The number of carbonyl (C=O) groups excluding carboxylic acids is 1. The Hall–Kier alpha value is -1.43. The Bertz CT molecular complexity index is 392. The first-order valence-electron chi connectivity index (χ1n) is 6.50. The summed E-state index contributed by atoms with van der Waals surface area (Å²) >= 11 is 0. The van der Waals surface area contributed by atoms with Crippen LogP contribution in [0.15, 0.2) is 24.3 Å². The third kappa shape index (κ3) is 4.98. The van der Waals surface area contributed by atoms with Crippen LogP contribution in [0.25, 0.3) is 0 Å². The molecule has 0 heterocycles. The van der Waals surface area contributed by atoms with E-state index in [-0.39, 0.29) is 5.91 Å². The smallest absolute Gasteiger partial charge is 0.233 e.